The minimum Gasteiger partial charge on any atom is -0.493 e. The number of ether oxygens (including phenoxy) is 3. The summed E-state index contributed by atoms with van der Waals surface area (Å²) in [4.78, 5) is 11.6. The van der Waals surface area contributed by atoms with Crippen molar-refractivity contribution in [1.29, 1.82) is 0 Å². The molecule has 2 heterocycles. The van der Waals surface area contributed by atoms with Crippen LogP contribution in [0.4, 0.5) is 0 Å². The van der Waals surface area contributed by atoms with Gasteiger partial charge in [-0.15, -0.1) is 0 Å². The Balaban J connectivity index is 1.48. The number of allylic oxidation sites excluding steroid dienone is 1. The quantitative estimate of drug-likeness (QED) is 0.613. The molecule has 0 amide bonds. The molecule has 4 heteroatoms. The second-order valence-electron chi connectivity index (χ2n) is 8.26. The first kappa shape index (κ1) is 20.5. The highest BCUT2D eigenvalue weighted by atomic mass is 16.5. The van der Waals surface area contributed by atoms with Crippen LogP contribution >= 0.6 is 0 Å². The molecule has 0 saturated heterocycles. The van der Waals surface area contributed by atoms with Crippen LogP contribution in [0.1, 0.15) is 58.6 Å². The average molecular weight is 407 g/mol. The number of benzene rings is 2. The largest absolute Gasteiger partial charge is 0.493 e. The van der Waals surface area contributed by atoms with Crippen molar-refractivity contribution in [3.63, 3.8) is 0 Å². The molecule has 0 aliphatic carbocycles. The molecule has 4 nitrogen and oxygen atoms in total. The second kappa shape index (κ2) is 8.95. The molecular weight excluding hydrogens is 376 g/mol. The van der Waals surface area contributed by atoms with Gasteiger partial charge < -0.3 is 14.2 Å². The first-order chi connectivity index (χ1) is 14.6. The van der Waals surface area contributed by atoms with E-state index in [9.17, 15) is 4.79 Å². The molecule has 0 unspecified atom stereocenters. The molecule has 158 valence electrons. The normalized spacial score (nSPS) is 17.6. The Morgan fingerprint density at radius 1 is 1.13 bits per heavy atom. The van der Waals surface area contributed by atoms with Crippen molar-refractivity contribution in [2.24, 2.45) is 0 Å². The van der Waals surface area contributed by atoms with Crippen LogP contribution in [0.25, 0.3) is 5.76 Å². The van der Waals surface area contributed by atoms with Crippen molar-refractivity contribution in [2.45, 2.75) is 51.9 Å². The van der Waals surface area contributed by atoms with Crippen LogP contribution in [0.5, 0.6) is 5.75 Å². The molecule has 0 bridgehead atoms. The first-order valence-corrected chi connectivity index (χ1v) is 10.8. The van der Waals surface area contributed by atoms with Gasteiger partial charge in [0.25, 0.3) is 0 Å². The van der Waals surface area contributed by atoms with Crippen LogP contribution in [0, 0.1) is 13.8 Å². The maximum atomic E-state index is 11.6. The van der Waals surface area contributed by atoms with Crippen LogP contribution in [0.2, 0.25) is 0 Å². The molecule has 2 aliphatic rings. The number of esters is 1. The minimum absolute atomic E-state index is 0.0900. The van der Waals surface area contributed by atoms with Crippen LogP contribution in [0.3, 0.4) is 0 Å². The number of carbonyl (C=O) groups is 1. The van der Waals surface area contributed by atoms with Crippen LogP contribution < -0.4 is 4.74 Å². The summed E-state index contributed by atoms with van der Waals surface area (Å²) in [5.74, 6) is 1.85. The fraction of sp³-hybridized carbons (Fsp3) is 0.423. The van der Waals surface area contributed by atoms with Gasteiger partial charge in [-0.25, -0.2) is 0 Å². The van der Waals surface area contributed by atoms with Crippen LogP contribution in [-0.2, 0) is 27.1 Å². The molecule has 0 spiro atoms. The summed E-state index contributed by atoms with van der Waals surface area (Å²) >= 11 is 0. The first-order valence-electron chi connectivity index (χ1n) is 10.8. The monoisotopic (exact) mass is 406 g/mol. The van der Waals surface area contributed by atoms with E-state index in [1.54, 1.807) is 0 Å². The molecule has 1 atom stereocenters. The van der Waals surface area contributed by atoms with E-state index in [0.29, 0.717) is 13.0 Å². The lowest BCUT2D eigenvalue weighted by Crippen LogP contribution is -2.09. The predicted molar refractivity (Wildman–Crippen MR) is 118 cm³/mol. The summed E-state index contributed by atoms with van der Waals surface area (Å²) in [6.45, 7) is 5.72. The van der Waals surface area contributed by atoms with Gasteiger partial charge in [-0.05, 0) is 73.9 Å². The zero-order valence-electron chi connectivity index (χ0n) is 18.1. The maximum Gasteiger partial charge on any atom is 0.306 e. The van der Waals surface area contributed by atoms with Gasteiger partial charge in [0.1, 0.15) is 11.5 Å². The molecule has 0 fully saturated rings. The average Bonchev–Trinajstić information content (AvgIpc) is 3.16. The van der Waals surface area contributed by atoms with Crippen molar-refractivity contribution < 1.29 is 19.0 Å². The third-order valence-corrected chi connectivity index (χ3v) is 6.25. The lowest BCUT2D eigenvalue weighted by Gasteiger charge is -2.20. The van der Waals surface area contributed by atoms with Crippen LogP contribution in [-0.4, -0.2) is 26.3 Å². The Labute approximate surface area is 178 Å². The maximum absolute atomic E-state index is 11.6. The zero-order valence-corrected chi connectivity index (χ0v) is 18.1. The number of hydrogen-bond acceptors (Lipinski definition) is 4. The van der Waals surface area contributed by atoms with E-state index in [2.05, 4.69) is 50.3 Å². The zero-order chi connectivity index (χ0) is 21.1. The molecule has 0 radical (unpaired) electrons. The Bertz CT molecular complexity index is 973. The summed E-state index contributed by atoms with van der Waals surface area (Å²) in [6.07, 6.45) is 6.70. The van der Waals surface area contributed by atoms with E-state index in [1.165, 1.54) is 34.9 Å². The van der Waals surface area contributed by atoms with Gasteiger partial charge in [-0.3, -0.25) is 4.79 Å². The summed E-state index contributed by atoms with van der Waals surface area (Å²) in [5.41, 5.74) is 7.57. The molecule has 2 aromatic rings. The molecule has 30 heavy (non-hydrogen) atoms. The lowest BCUT2D eigenvalue weighted by molar-refractivity contribution is -0.141. The Morgan fingerprint density at radius 2 is 2.00 bits per heavy atom. The van der Waals surface area contributed by atoms with Gasteiger partial charge in [0.15, 0.2) is 0 Å². The highest BCUT2D eigenvalue weighted by Gasteiger charge is 2.27. The van der Waals surface area contributed by atoms with Crippen molar-refractivity contribution in [2.75, 3.05) is 20.3 Å². The summed E-state index contributed by atoms with van der Waals surface area (Å²) < 4.78 is 16.6. The van der Waals surface area contributed by atoms with Gasteiger partial charge >= 0.3 is 5.97 Å². The minimum atomic E-state index is -0.191. The topological polar surface area (TPSA) is 44.8 Å². The van der Waals surface area contributed by atoms with Crippen molar-refractivity contribution >= 4 is 11.7 Å². The number of hydrogen-bond donors (Lipinski definition) is 0. The number of methoxy groups -OCH3 is 1. The van der Waals surface area contributed by atoms with Crippen molar-refractivity contribution in [3.05, 3.63) is 69.8 Å². The third kappa shape index (κ3) is 4.23. The number of rotatable bonds is 6. The molecule has 0 aromatic heterocycles. The summed E-state index contributed by atoms with van der Waals surface area (Å²) in [6, 6.07) is 10.9. The van der Waals surface area contributed by atoms with E-state index in [4.69, 9.17) is 14.2 Å². The van der Waals surface area contributed by atoms with E-state index < -0.39 is 0 Å². The molecule has 4 rings (SSSR count). The molecule has 0 N–H and O–H groups in total. The standard InChI is InChI=1S/C26H30O4/c1-17-7-10-20(18(2)26(17)23-6-4-5-13-29-23)11-8-19-9-12-22-21(15-25(27)28-3)16-30-24(22)14-19/h6-7,9-10,12,14,21H,4-5,8,11,13,15-16H2,1-3H3/t21-/m1/s1. The highest BCUT2D eigenvalue weighted by molar-refractivity contribution is 5.71. The highest BCUT2D eigenvalue weighted by Crippen LogP contribution is 2.37. The summed E-state index contributed by atoms with van der Waals surface area (Å²) in [5, 5.41) is 0. The fourth-order valence-corrected chi connectivity index (χ4v) is 4.48. The number of carbonyl (C=O) groups excluding carboxylic acids is 1. The van der Waals surface area contributed by atoms with E-state index in [0.717, 1.165) is 49.4 Å². The predicted octanol–water partition coefficient (Wildman–Crippen LogP) is 5.28. The van der Waals surface area contributed by atoms with Gasteiger partial charge in [0, 0.05) is 17.0 Å². The molecule has 2 aromatic carbocycles. The lowest BCUT2D eigenvalue weighted by atomic mass is 9.91. The third-order valence-electron chi connectivity index (χ3n) is 6.25. The van der Waals surface area contributed by atoms with E-state index in [-0.39, 0.29) is 11.9 Å². The second-order valence-corrected chi connectivity index (χ2v) is 8.26. The SMILES string of the molecule is COC(=O)C[C@@H]1COc2cc(CCc3ccc(C)c(C4=CCCCO4)c3C)ccc21. The Kier molecular flexibility index (Phi) is 6.12. The summed E-state index contributed by atoms with van der Waals surface area (Å²) in [7, 11) is 1.43. The molecule has 2 aliphatic heterocycles. The van der Waals surface area contributed by atoms with E-state index in [1.807, 2.05) is 0 Å². The Hall–Kier alpha value is -2.75. The molecule has 0 saturated carbocycles. The van der Waals surface area contributed by atoms with E-state index >= 15 is 0 Å². The van der Waals surface area contributed by atoms with Crippen molar-refractivity contribution in [3.8, 4) is 5.75 Å². The van der Waals surface area contributed by atoms with Gasteiger partial charge in [-0.1, -0.05) is 24.3 Å². The van der Waals surface area contributed by atoms with Gasteiger partial charge in [0.05, 0.1) is 26.7 Å². The number of fused-ring (bicyclic) bond motifs is 1. The van der Waals surface area contributed by atoms with Crippen molar-refractivity contribution in [1.82, 2.24) is 0 Å². The van der Waals surface area contributed by atoms with Crippen LogP contribution in [0.15, 0.2) is 36.4 Å². The molecular formula is C26H30O4. The fourth-order valence-electron chi connectivity index (χ4n) is 4.48. The number of aryl methyl sites for hydroxylation is 3. The smallest absolute Gasteiger partial charge is 0.306 e. The Morgan fingerprint density at radius 3 is 2.77 bits per heavy atom. The van der Waals surface area contributed by atoms with Gasteiger partial charge in [-0.2, -0.15) is 0 Å². The van der Waals surface area contributed by atoms with Gasteiger partial charge in [0.2, 0.25) is 0 Å².